The molecule has 0 amide bonds. The van der Waals surface area contributed by atoms with Gasteiger partial charge in [0, 0.05) is 7.05 Å². The number of aryl methyl sites for hydroxylation is 2. The summed E-state index contributed by atoms with van der Waals surface area (Å²) in [5.74, 6) is 1.71. The highest BCUT2D eigenvalue weighted by Crippen LogP contribution is 2.25. The van der Waals surface area contributed by atoms with Crippen LogP contribution in [0, 0.1) is 6.92 Å². The number of anilines is 1. The topological polar surface area (TPSA) is 52.0 Å². The Morgan fingerprint density at radius 1 is 1.41 bits per heavy atom. The van der Waals surface area contributed by atoms with Gasteiger partial charge in [0.2, 0.25) is 0 Å². The Labute approximate surface area is 100 Å². The van der Waals surface area contributed by atoms with Crippen molar-refractivity contribution in [3.8, 4) is 5.75 Å². The zero-order valence-electron chi connectivity index (χ0n) is 10.3. The monoisotopic (exact) mass is 232 g/mol. The molecule has 17 heavy (non-hydrogen) atoms. The molecule has 0 saturated carbocycles. The number of methoxy groups -OCH3 is 1. The Balaban J connectivity index is 2.13. The molecular weight excluding hydrogens is 216 g/mol. The summed E-state index contributed by atoms with van der Waals surface area (Å²) in [4.78, 5) is 0. The van der Waals surface area contributed by atoms with Crippen LogP contribution < -0.4 is 10.1 Å². The largest absolute Gasteiger partial charge is 0.495 e. The maximum atomic E-state index is 5.30. The van der Waals surface area contributed by atoms with E-state index in [0.717, 1.165) is 17.3 Å². The molecule has 5 nitrogen and oxygen atoms in total. The molecular formula is C12H16N4O. The standard InChI is InChI=1S/C12H16N4O/c1-9-4-5-11(17-3)10(6-9)13-7-12-15-14-8-16(12)2/h4-6,8,13H,7H2,1-3H3. The average molecular weight is 232 g/mol. The van der Waals surface area contributed by atoms with Gasteiger partial charge in [0.15, 0.2) is 5.82 Å². The SMILES string of the molecule is COc1ccc(C)cc1NCc1nncn1C. The van der Waals surface area contributed by atoms with E-state index in [1.54, 1.807) is 13.4 Å². The number of nitrogens with one attached hydrogen (secondary N) is 1. The van der Waals surface area contributed by atoms with Crippen LogP contribution in [0.1, 0.15) is 11.4 Å². The van der Waals surface area contributed by atoms with Gasteiger partial charge in [-0.2, -0.15) is 0 Å². The zero-order valence-corrected chi connectivity index (χ0v) is 10.3. The average Bonchev–Trinajstić information content (AvgIpc) is 2.72. The quantitative estimate of drug-likeness (QED) is 0.872. The minimum Gasteiger partial charge on any atom is -0.495 e. The molecule has 0 saturated heterocycles. The van der Waals surface area contributed by atoms with Crippen LogP contribution in [0.15, 0.2) is 24.5 Å². The fourth-order valence-electron chi connectivity index (χ4n) is 1.60. The van der Waals surface area contributed by atoms with Crippen molar-refractivity contribution < 1.29 is 4.74 Å². The Morgan fingerprint density at radius 2 is 2.24 bits per heavy atom. The third kappa shape index (κ3) is 2.55. The fourth-order valence-corrected chi connectivity index (χ4v) is 1.60. The van der Waals surface area contributed by atoms with Crippen molar-refractivity contribution >= 4 is 5.69 Å². The number of aromatic nitrogens is 3. The summed E-state index contributed by atoms with van der Waals surface area (Å²) in [6, 6.07) is 6.02. The van der Waals surface area contributed by atoms with Crippen molar-refractivity contribution in [1.29, 1.82) is 0 Å². The third-order valence-electron chi connectivity index (χ3n) is 2.60. The molecule has 90 valence electrons. The first kappa shape index (κ1) is 11.4. The van der Waals surface area contributed by atoms with Gasteiger partial charge in [-0.25, -0.2) is 0 Å². The molecule has 0 radical (unpaired) electrons. The molecule has 0 bridgehead atoms. The van der Waals surface area contributed by atoms with E-state index in [-0.39, 0.29) is 0 Å². The molecule has 0 spiro atoms. The molecule has 0 atom stereocenters. The minimum absolute atomic E-state index is 0.621. The zero-order chi connectivity index (χ0) is 12.3. The predicted molar refractivity (Wildman–Crippen MR) is 66.1 cm³/mol. The van der Waals surface area contributed by atoms with Gasteiger partial charge in [-0.3, -0.25) is 0 Å². The second kappa shape index (κ2) is 4.86. The van der Waals surface area contributed by atoms with E-state index in [2.05, 4.69) is 21.6 Å². The lowest BCUT2D eigenvalue weighted by atomic mass is 10.2. The van der Waals surface area contributed by atoms with E-state index in [9.17, 15) is 0 Å². The lowest BCUT2D eigenvalue weighted by Crippen LogP contribution is -2.06. The summed E-state index contributed by atoms with van der Waals surface area (Å²) >= 11 is 0. The summed E-state index contributed by atoms with van der Waals surface area (Å²) in [6.07, 6.45) is 1.69. The number of benzene rings is 1. The molecule has 0 fully saturated rings. The second-order valence-electron chi connectivity index (χ2n) is 3.92. The van der Waals surface area contributed by atoms with Gasteiger partial charge >= 0.3 is 0 Å². The van der Waals surface area contributed by atoms with E-state index >= 15 is 0 Å². The highest BCUT2D eigenvalue weighted by Gasteiger charge is 2.05. The number of hydrogen-bond donors (Lipinski definition) is 1. The normalized spacial score (nSPS) is 10.3. The van der Waals surface area contributed by atoms with E-state index in [0.29, 0.717) is 6.54 Å². The molecule has 5 heteroatoms. The van der Waals surface area contributed by atoms with Crippen LogP contribution in [-0.4, -0.2) is 21.9 Å². The summed E-state index contributed by atoms with van der Waals surface area (Å²) in [5, 5.41) is 11.2. The van der Waals surface area contributed by atoms with Crippen LogP contribution in [0.25, 0.3) is 0 Å². The maximum Gasteiger partial charge on any atom is 0.151 e. The van der Waals surface area contributed by atoms with E-state index in [4.69, 9.17) is 4.74 Å². The summed E-state index contributed by atoms with van der Waals surface area (Å²) in [5.41, 5.74) is 2.15. The van der Waals surface area contributed by atoms with E-state index in [1.807, 2.05) is 30.7 Å². The Morgan fingerprint density at radius 3 is 2.88 bits per heavy atom. The van der Waals surface area contributed by atoms with Gasteiger partial charge in [-0.1, -0.05) is 6.07 Å². The molecule has 0 aliphatic rings. The van der Waals surface area contributed by atoms with Crippen molar-refractivity contribution in [3.63, 3.8) is 0 Å². The molecule has 0 aliphatic heterocycles. The number of hydrogen-bond acceptors (Lipinski definition) is 4. The number of ether oxygens (including phenoxy) is 1. The first-order valence-corrected chi connectivity index (χ1v) is 5.42. The first-order chi connectivity index (χ1) is 8.20. The number of nitrogens with zero attached hydrogens (tertiary/aromatic N) is 3. The smallest absolute Gasteiger partial charge is 0.151 e. The van der Waals surface area contributed by atoms with Crippen LogP contribution in [0.5, 0.6) is 5.75 Å². The highest BCUT2D eigenvalue weighted by molar-refractivity contribution is 5.57. The van der Waals surface area contributed by atoms with E-state index < -0.39 is 0 Å². The van der Waals surface area contributed by atoms with Gasteiger partial charge < -0.3 is 14.6 Å². The van der Waals surface area contributed by atoms with Gasteiger partial charge in [0.1, 0.15) is 12.1 Å². The van der Waals surface area contributed by atoms with Crippen LogP contribution in [0.3, 0.4) is 0 Å². The second-order valence-corrected chi connectivity index (χ2v) is 3.92. The van der Waals surface area contributed by atoms with E-state index in [1.165, 1.54) is 5.56 Å². The van der Waals surface area contributed by atoms with Crippen molar-refractivity contribution in [1.82, 2.24) is 14.8 Å². The summed E-state index contributed by atoms with van der Waals surface area (Å²) < 4.78 is 7.18. The van der Waals surface area contributed by atoms with Gasteiger partial charge in [-0.15, -0.1) is 10.2 Å². The third-order valence-corrected chi connectivity index (χ3v) is 2.60. The molecule has 1 N–H and O–H groups in total. The molecule has 1 aromatic heterocycles. The molecule has 1 heterocycles. The summed E-state index contributed by atoms with van der Waals surface area (Å²) in [7, 11) is 3.59. The van der Waals surface area contributed by atoms with Crippen LogP contribution in [0.2, 0.25) is 0 Å². The van der Waals surface area contributed by atoms with Crippen molar-refractivity contribution in [3.05, 3.63) is 35.9 Å². The Kier molecular flexibility index (Phi) is 3.27. The minimum atomic E-state index is 0.621. The van der Waals surface area contributed by atoms with Crippen LogP contribution >= 0.6 is 0 Å². The van der Waals surface area contributed by atoms with Gasteiger partial charge in [0.05, 0.1) is 19.3 Å². The van der Waals surface area contributed by atoms with Crippen LogP contribution in [-0.2, 0) is 13.6 Å². The van der Waals surface area contributed by atoms with Crippen molar-refractivity contribution in [2.24, 2.45) is 7.05 Å². The Hall–Kier alpha value is -2.04. The predicted octanol–water partition coefficient (Wildman–Crippen LogP) is 1.74. The molecule has 2 aromatic rings. The lowest BCUT2D eigenvalue weighted by molar-refractivity contribution is 0.416. The number of rotatable bonds is 4. The van der Waals surface area contributed by atoms with Crippen LogP contribution in [0.4, 0.5) is 5.69 Å². The fraction of sp³-hybridized carbons (Fsp3) is 0.333. The van der Waals surface area contributed by atoms with Crippen molar-refractivity contribution in [2.45, 2.75) is 13.5 Å². The molecule has 0 unspecified atom stereocenters. The van der Waals surface area contributed by atoms with Crippen molar-refractivity contribution in [2.75, 3.05) is 12.4 Å². The lowest BCUT2D eigenvalue weighted by Gasteiger charge is -2.11. The maximum absolute atomic E-state index is 5.30. The van der Waals surface area contributed by atoms with Gasteiger partial charge in [-0.05, 0) is 24.6 Å². The highest BCUT2D eigenvalue weighted by atomic mass is 16.5. The molecule has 0 aliphatic carbocycles. The Bertz CT molecular complexity index is 507. The summed E-state index contributed by atoms with van der Waals surface area (Å²) in [6.45, 7) is 2.67. The van der Waals surface area contributed by atoms with Gasteiger partial charge in [0.25, 0.3) is 0 Å². The molecule has 1 aromatic carbocycles. The molecule has 2 rings (SSSR count). The first-order valence-electron chi connectivity index (χ1n) is 5.42.